The van der Waals surface area contributed by atoms with Crippen LogP contribution in [0, 0.1) is 0 Å². The number of anilines is 2. The van der Waals surface area contributed by atoms with Crippen LogP contribution < -0.4 is 10.1 Å². The molecule has 2 aromatic heterocycles. The van der Waals surface area contributed by atoms with Crippen molar-refractivity contribution in [2.24, 2.45) is 0 Å². The molecule has 0 radical (unpaired) electrons. The minimum atomic E-state index is 0.729. The first-order valence-corrected chi connectivity index (χ1v) is 9.58. The predicted octanol–water partition coefficient (Wildman–Crippen LogP) is 5.44. The number of fused-ring (bicyclic) bond motifs is 1. The Morgan fingerprint density at radius 1 is 0.867 bits per heavy atom. The van der Waals surface area contributed by atoms with Gasteiger partial charge in [0.2, 0.25) is 0 Å². The standard InChI is InChI=1S/C24H19N5O/c1-30-23-15-16(19-10-5-13-25-29-19)11-12-22(23)26-18-7-4-6-17(14-18)24-27-20-8-2-3-9-21(20)28-24/h2-15,26H,1H3,(H,27,28). The highest BCUT2D eigenvalue weighted by molar-refractivity contribution is 5.80. The van der Waals surface area contributed by atoms with E-state index in [1.54, 1.807) is 13.3 Å². The van der Waals surface area contributed by atoms with Crippen LogP contribution in [0.15, 0.2) is 85.1 Å². The van der Waals surface area contributed by atoms with Crippen LogP contribution in [0.3, 0.4) is 0 Å². The van der Waals surface area contributed by atoms with Crippen molar-refractivity contribution in [1.29, 1.82) is 0 Å². The maximum absolute atomic E-state index is 5.61. The van der Waals surface area contributed by atoms with Crippen LogP contribution in [0.1, 0.15) is 0 Å². The number of H-pyrrole nitrogens is 1. The van der Waals surface area contributed by atoms with Crippen molar-refractivity contribution in [3.8, 4) is 28.4 Å². The van der Waals surface area contributed by atoms with Gasteiger partial charge in [0.1, 0.15) is 11.6 Å². The second-order valence-electron chi connectivity index (χ2n) is 6.83. The van der Waals surface area contributed by atoms with Crippen LogP contribution in [-0.2, 0) is 0 Å². The van der Waals surface area contributed by atoms with E-state index in [0.717, 1.165) is 50.8 Å². The molecule has 0 aliphatic rings. The molecule has 146 valence electrons. The summed E-state index contributed by atoms with van der Waals surface area (Å²) in [6.45, 7) is 0. The van der Waals surface area contributed by atoms with Crippen LogP contribution in [-0.4, -0.2) is 27.3 Å². The van der Waals surface area contributed by atoms with Crippen LogP contribution in [0.5, 0.6) is 5.75 Å². The number of benzene rings is 3. The Balaban J connectivity index is 1.45. The van der Waals surface area contributed by atoms with Crippen molar-refractivity contribution >= 4 is 22.4 Å². The van der Waals surface area contributed by atoms with Gasteiger partial charge in [0, 0.05) is 23.0 Å². The van der Waals surface area contributed by atoms with Gasteiger partial charge in [-0.1, -0.05) is 30.3 Å². The van der Waals surface area contributed by atoms with Gasteiger partial charge in [-0.2, -0.15) is 10.2 Å². The maximum atomic E-state index is 5.61. The fourth-order valence-corrected chi connectivity index (χ4v) is 3.40. The largest absolute Gasteiger partial charge is 0.495 e. The highest BCUT2D eigenvalue weighted by atomic mass is 16.5. The zero-order valence-electron chi connectivity index (χ0n) is 16.3. The number of imidazole rings is 1. The molecule has 2 N–H and O–H groups in total. The van der Waals surface area contributed by atoms with E-state index in [9.17, 15) is 0 Å². The SMILES string of the molecule is COc1cc(-c2cccnn2)ccc1Nc1cccc(-c2nc3ccccc3[nH]2)c1. The molecule has 0 aliphatic heterocycles. The molecule has 6 nitrogen and oxygen atoms in total. The molecule has 3 aromatic carbocycles. The van der Waals surface area contributed by atoms with Gasteiger partial charge in [-0.05, 0) is 48.5 Å². The summed E-state index contributed by atoms with van der Waals surface area (Å²) in [6, 6.07) is 25.9. The number of methoxy groups -OCH3 is 1. The lowest BCUT2D eigenvalue weighted by Crippen LogP contribution is -1.96. The number of ether oxygens (including phenoxy) is 1. The molecule has 5 rings (SSSR count). The van der Waals surface area contributed by atoms with Gasteiger partial charge in [0.15, 0.2) is 0 Å². The zero-order chi connectivity index (χ0) is 20.3. The van der Waals surface area contributed by atoms with E-state index < -0.39 is 0 Å². The summed E-state index contributed by atoms with van der Waals surface area (Å²) in [7, 11) is 1.66. The Kier molecular flexibility index (Phi) is 4.57. The molecule has 0 fully saturated rings. The summed E-state index contributed by atoms with van der Waals surface area (Å²) in [5, 5.41) is 11.6. The van der Waals surface area contributed by atoms with Gasteiger partial charge in [-0.3, -0.25) is 0 Å². The third-order valence-electron chi connectivity index (χ3n) is 4.87. The molecular weight excluding hydrogens is 374 g/mol. The van der Waals surface area contributed by atoms with Crippen molar-refractivity contribution in [2.45, 2.75) is 0 Å². The fourth-order valence-electron chi connectivity index (χ4n) is 3.40. The molecule has 0 saturated heterocycles. The molecule has 0 unspecified atom stereocenters. The van der Waals surface area contributed by atoms with E-state index in [-0.39, 0.29) is 0 Å². The lowest BCUT2D eigenvalue weighted by atomic mass is 10.1. The molecule has 0 atom stereocenters. The number of hydrogen-bond donors (Lipinski definition) is 2. The van der Waals surface area contributed by atoms with E-state index in [4.69, 9.17) is 4.74 Å². The van der Waals surface area contributed by atoms with Crippen LogP contribution in [0.2, 0.25) is 0 Å². The van der Waals surface area contributed by atoms with Gasteiger partial charge >= 0.3 is 0 Å². The first kappa shape index (κ1) is 17.9. The third kappa shape index (κ3) is 3.46. The highest BCUT2D eigenvalue weighted by Crippen LogP contribution is 2.33. The van der Waals surface area contributed by atoms with Crippen LogP contribution in [0.4, 0.5) is 11.4 Å². The smallest absolute Gasteiger partial charge is 0.142 e. The molecule has 6 heteroatoms. The van der Waals surface area contributed by atoms with E-state index in [0.29, 0.717) is 0 Å². The summed E-state index contributed by atoms with van der Waals surface area (Å²) < 4.78 is 5.61. The van der Waals surface area contributed by atoms with Crippen LogP contribution >= 0.6 is 0 Å². The van der Waals surface area contributed by atoms with E-state index in [1.165, 1.54) is 0 Å². The quantitative estimate of drug-likeness (QED) is 0.416. The molecular formula is C24H19N5O. The average Bonchev–Trinajstić information content (AvgIpc) is 3.25. The van der Waals surface area contributed by atoms with E-state index in [2.05, 4.69) is 31.5 Å². The molecule has 30 heavy (non-hydrogen) atoms. The molecule has 0 spiro atoms. The van der Waals surface area contributed by atoms with Gasteiger partial charge in [-0.15, -0.1) is 0 Å². The highest BCUT2D eigenvalue weighted by Gasteiger charge is 2.09. The molecule has 0 aliphatic carbocycles. The molecule has 0 saturated carbocycles. The molecule has 2 heterocycles. The lowest BCUT2D eigenvalue weighted by molar-refractivity contribution is 0.417. The number of nitrogens with zero attached hydrogens (tertiary/aromatic N) is 3. The number of rotatable bonds is 5. The zero-order valence-corrected chi connectivity index (χ0v) is 16.3. The predicted molar refractivity (Wildman–Crippen MR) is 119 cm³/mol. The first-order valence-electron chi connectivity index (χ1n) is 9.58. The minimum absolute atomic E-state index is 0.729. The summed E-state index contributed by atoms with van der Waals surface area (Å²) >= 11 is 0. The van der Waals surface area contributed by atoms with E-state index >= 15 is 0 Å². The Hall–Kier alpha value is -4.19. The van der Waals surface area contributed by atoms with Crippen molar-refractivity contribution in [3.05, 3.63) is 85.1 Å². The van der Waals surface area contributed by atoms with Gasteiger partial charge < -0.3 is 15.0 Å². The minimum Gasteiger partial charge on any atom is -0.495 e. The van der Waals surface area contributed by atoms with E-state index in [1.807, 2.05) is 72.8 Å². The number of aromatic amines is 1. The van der Waals surface area contributed by atoms with Crippen molar-refractivity contribution in [3.63, 3.8) is 0 Å². The Labute approximate surface area is 173 Å². The second-order valence-corrected chi connectivity index (χ2v) is 6.83. The van der Waals surface area contributed by atoms with Gasteiger partial charge in [0.05, 0.1) is 29.5 Å². The Bertz CT molecular complexity index is 1280. The molecule has 0 bridgehead atoms. The number of para-hydroxylation sites is 2. The first-order chi connectivity index (χ1) is 14.8. The maximum Gasteiger partial charge on any atom is 0.142 e. The van der Waals surface area contributed by atoms with Crippen molar-refractivity contribution in [1.82, 2.24) is 20.2 Å². The monoisotopic (exact) mass is 393 g/mol. The average molecular weight is 393 g/mol. The molecule has 0 amide bonds. The topological polar surface area (TPSA) is 75.7 Å². The summed E-state index contributed by atoms with van der Waals surface area (Å²) in [4.78, 5) is 8.06. The number of aromatic nitrogens is 4. The Morgan fingerprint density at radius 3 is 2.63 bits per heavy atom. The normalized spacial score (nSPS) is 10.8. The Morgan fingerprint density at radius 2 is 1.80 bits per heavy atom. The van der Waals surface area contributed by atoms with Gasteiger partial charge in [0.25, 0.3) is 0 Å². The summed E-state index contributed by atoms with van der Waals surface area (Å²) in [5.41, 5.74) is 6.53. The lowest BCUT2D eigenvalue weighted by Gasteiger charge is -2.13. The van der Waals surface area contributed by atoms with Crippen molar-refractivity contribution < 1.29 is 4.74 Å². The number of hydrogen-bond acceptors (Lipinski definition) is 5. The van der Waals surface area contributed by atoms with Crippen molar-refractivity contribution in [2.75, 3.05) is 12.4 Å². The van der Waals surface area contributed by atoms with Gasteiger partial charge in [-0.25, -0.2) is 4.98 Å². The number of nitrogens with one attached hydrogen (secondary N) is 2. The summed E-state index contributed by atoms with van der Waals surface area (Å²) in [5.74, 6) is 1.57. The van der Waals surface area contributed by atoms with Crippen LogP contribution in [0.25, 0.3) is 33.7 Å². The molecule has 5 aromatic rings. The fraction of sp³-hybridized carbons (Fsp3) is 0.0417. The summed E-state index contributed by atoms with van der Waals surface area (Å²) in [6.07, 6.45) is 1.66. The third-order valence-corrected chi connectivity index (χ3v) is 4.87. The second kappa shape index (κ2) is 7.67.